The van der Waals surface area contributed by atoms with Crippen LogP contribution in [0.4, 0.5) is 0 Å². The van der Waals surface area contributed by atoms with Crippen LogP contribution < -0.4 is 0 Å². The summed E-state index contributed by atoms with van der Waals surface area (Å²) >= 11 is 0. The summed E-state index contributed by atoms with van der Waals surface area (Å²) in [5, 5.41) is 14.8. The zero-order valence-electron chi connectivity index (χ0n) is 4.94. The van der Waals surface area contributed by atoms with Crippen molar-refractivity contribution in [2.75, 3.05) is 0 Å². The molecule has 0 aromatic carbocycles. The van der Waals surface area contributed by atoms with Gasteiger partial charge in [0.25, 0.3) is 0 Å². The Morgan fingerprint density at radius 1 is 0.727 bits per heavy atom. The van der Waals surface area contributed by atoms with Gasteiger partial charge in [-0.2, -0.15) is 0 Å². The van der Waals surface area contributed by atoms with Crippen molar-refractivity contribution in [3.05, 3.63) is 15.3 Å². The van der Waals surface area contributed by atoms with Crippen LogP contribution in [0.25, 0.3) is 0 Å². The quantitative estimate of drug-likeness (QED) is 0.309. The maximum atomic E-state index is 8.25. The van der Waals surface area contributed by atoms with Gasteiger partial charge < -0.3 is 48.2 Å². The van der Waals surface area contributed by atoms with Crippen molar-refractivity contribution in [1.82, 2.24) is 0 Å². The van der Waals surface area contributed by atoms with Gasteiger partial charge in [0.1, 0.15) is 0 Å². The predicted octanol–water partition coefficient (Wildman–Crippen LogP) is -5.19. The van der Waals surface area contributed by atoms with E-state index in [1.807, 2.05) is 0 Å². The summed E-state index contributed by atoms with van der Waals surface area (Å²) in [6.07, 6.45) is 0. The Labute approximate surface area is 99.4 Å². The molecule has 0 unspecified atom stereocenters. The fraction of sp³-hybridized carbons (Fsp3) is 0. The van der Waals surface area contributed by atoms with Crippen LogP contribution >= 0.6 is 0 Å². The van der Waals surface area contributed by atoms with Crippen LogP contribution in [0.3, 0.4) is 0 Å². The Morgan fingerprint density at radius 2 is 0.727 bits per heavy atom. The van der Waals surface area contributed by atoms with Gasteiger partial charge in [0.05, 0.1) is 5.09 Å². The SMILES string of the molecule is O.O.O.O.O.O.O=[N+]([O-])[O-].[Yb+3]. The number of hydrogen-bond donors (Lipinski definition) is 0. The van der Waals surface area contributed by atoms with Crippen LogP contribution in [0, 0.1) is 62.2 Å². The van der Waals surface area contributed by atoms with Gasteiger partial charge >= 0.3 is 46.9 Å². The minimum atomic E-state index is -1.75. The fourth-order valence-corrected chi connectivity index (χ4v) is 0. The summed E-state index contributed by atoms with van der Waals surface area (Å²) in [4.78, 5) is 8.25. The number of rotatable bonds is 0. The third kappa shape index (κ3) is 3280. The summed E-state index contributed by atoms with van der Waals surface area (Å²) < 4.78 is 0. The first kappa shape index (κ1) is 104. The Kier molecular flexibility index (Phi) is 736. The molecule has 0 aliphatic carbocycles. The molecule has 0 aliphatic heterocycles. The molecule has 1 radical (unpaired) electrons. The molecule has 0 heterocycles. The van der Waals surface area contributed by atoms with E-state index in [-0.39, 0.29) is 79.8 Å². The number of hydrogen-bond acceptors (Lipinski definition) is 3. The van der Waals surface area contributed by atoms with Gasteiger partial charge in [-0.25, -0.2) is 0 Å². The van der Waals surface area contributed by atoms with E-state index in [0.717, 1.165) is 0 Å². The molecule has 0 spiro atoms. The van der Waals surface area contributed by atoms with E-state index in [0.29, 0.717) is 0 Å². The molecule has 10 nitrogen and oxygen atoms in total. The van der Waals surface area contributed by atoms with E-state index in [9.17, 15) is 0 Å². The van der Waals surface area contributed by atoms with Crippen molar-refractivity contribution in [2.45, 2.75) is 0 Å². The first-order valence-electron chi connectivity index (χ1n) is 0.548. The summed E-state index contributed by atoms with van der Waals surface area (Å²) in [5.74, 6) is 0. The molecule has 0 saturated heterocycles. The van der Waals surface area contributed by atoms with E-state index in [4.69, 9.17) is 15.3 Å². The molecule has 0 aromatic rings. The van der Waals surface area contributed by atoms with E-state index in [1.165, 1.54) is 0 Å². The molecule has 11 heteroatoms. The second-order valence-corrected chi connectivity index (χ2v) is 0.224. The molecule has 0 rings (SSSR count). The minimum absolute atomic E-state index is 0. The summed E-state index contributed by atoms with van der Waals surface area (Å²) in [6, 6.07) is 0. The van der Waals surface area contributed by atoms with Crippen LogP contribution in [0.1, 0.15) is 0 Å². The van der Waals surface area contributed by atoms with Gasteiger partial charge in [0.15, 0.2) is 0 Å². The topological polar surface area (TPSA) is 255 Å². The predicted molar refractivity (Wildman–Crippen MR) is 32.0 cm³/mol. The average molecular weight is 343 g/mol. The summed E-state index contributed by atoms with van der Waals surface area (Å²) in [6.45, 7) is 0. The molecule has 0 aliphatic rings. The third-order valence-corrected chi connectivity index (χ3v) is 0. The second kappa shape index (κ2) is 77.8. The van der Waals surface area contributed by atoms with Crippen LogP contribution in [-0.2, 0) is 0 Å². The molecule has 83 valence electrons. The normalized spacial score (nSPS) is 2.18. The van der Waals surface area contributed by atoms with Crippen LogP contribution in [-0.4, -0.2) is 37.9 Å². The number of nitrogens with zero attached hydrogens (tertiary/aromatic N) is 1. The van der Waals surface area contributed by atoms with Crippen molar-refractivity contribution < 1.29 is 84.9 Å². The molecule has 0 atom stereocenters. The monoisotopic (exact) mass is 344 g/mol. The van der Waals surface area contributed by atoms with Crippen molar-refractivity contribution >= 4 is 0 Å². The summed E-state index contributed by atoms with van der Waals surface area (Å²) in [7, 11) is 0. The van der Waals surface area contributed by atoms with Gasteiger partial charge in [0.2, 0.25) is 0 Å². The van der Waals surface area contributed by atoms with Crippen molar-refractivity contribution in [1.29, 1.82) is 0 Å². The van der Waals surface area contributed by atoms with Crippen LogP contribution in [0.2, 0.25) is 0 Å². The maximum absolute atomic E-state index is 8.25. The molecule has 0 amide bonds. The largest absolute Gasteiger partial charge is 3.00 e. The Bertz CT molecular complexity index is 32.5. The Hall–Kier alpha value is 0.479. The average Bonchev–Trinajstić information content (AvgIpc) is 0.811. The molecular weight excluding hydrogens is 331 g/mol. The molecule has 0 aromatic heterocycles. The van der Waals surface area contributed by atoms with Crippen molar-refractivity contribution in [3.8, 4) is 0 Å². The van der Waals surface area contributed by atoms with E-state index < -0.39 is 5.09 Å². The van der Waals surface area contributed by atoms with Gasteiger partial charge in [-0.15, -0.1) is 0 Å². The minimum Gasteiger partial charge on any atom is -0.412 e. The third-order valence-electron chi connectivity index (χ3n) is 0. The molecule has 0 saturated carbocycles. The Morgan fingerprint density at radius 3 is 0.727 bits per heavy atom. The maximum Gasteiger partial charge on any atom is 3.00 e. The van der Waals surface area contributed by atoms with Crippen LogP contribution in [0.15, 0.2) is 0 Å². The standard InChI is InChI=1S/NO3.6H2O.Yb/c2-1(3)4;;;;;;;/h;6*1H2;/q-1;;;;;;;+3. The van der Waals surface area contributed by atoms with E-state index in [2.05, 4.69) is 0 Å². The van der Waals surface area contributed by atoms with E-state index >= 15 is 0 Å². The summed E-state index contributed by atoms with van der Waals surface area (Å²) in [5.41, 5.74) is 0. The van der Waals surface area contributed by atoms with Gasteiger partial charge in [0, 0.05) is 0 Å². The van der Waals surface area contributed by atoms with Gasteiger partial charge in [-0.3, -0.25) is 0 Å². The van der Waals surface area contributed by atoms with Gasteiger partial charge in [-0.05, 0) is 0 Å². The molecule has 0 fully saturated rings. The zero-order valence-corrected chi connectivity index (χ0v) is 6.65. The smallest absolute Gasteiger partial charge is 0.412 e. The zero-order chi connectivity index (χ0) is 3.58. The van der Waals surface area contributed by atoms with Gasteiger partial charge in [-0.1, -0.05) is 0 Å². The Balaban J connectivity index is -0.00000000214. The molecule has 11 heavy (non-hydrogen) atoms. The first-order chi connectivity index (χ1) is 1.73. The molecule has 12 N–H and O–H groups in total. The first-order valence-corrected chi connectivity index (χ1v) is 0.548. The fourth-order valence-electron chi connectivity index (χ4n) is 0. The molecule has 0 bridgehead atoms. The second-order valence-electron chi connectivity index (χ2n) is 0.224. The van der Waals surface area contributed by atoms with Crippen LogP contribution in [0.5, 0.6) is 0 Å². The van der Waals surface area contributed by atoms with E-state index in [1.54, 1.807) is 0 Å². The van der Waals surface area contributed by atoms with Crippen molar-refractivity contribution in [2.24, 2.45) is 0 Å². The molecular formula is H12NO9Yb+2. The van der Waals surface area contributed by atoms with Crippen molar-refractivity contribution in [3.63, 3.8) is 0 Å².